The van der Waals surface area contributed by atoms with E-state index in [2.05, 4.69) is 25.5 Å². The second kappa shape index (κ2) is 8.42. The predicted molar refractivity (Wildman–Crippen MR) is 74.0 cm³/mol. The van der Waals surface area contributed by atoms with Gasteiger partial charge in [0.15, 0.2) is 8.32 Å². The lowest BCUT2D eigenvalue weighted by Crippen LogP contribution is -2.39. The highest BCUT2D eigenvalue weighted by Gasteiger charge is 2.30. The molecule has 0 saturated carbocycles. The maximum Gasteiger partial charge on any atom is 0.374 e. The van der Waals surface area contributed by atoms with Crippen molar-refractivity contribution in [3.63, 3.8) is 0 Å². The first kappa shape index (κ1) is 17.3. The lowest BCUT2D eigenvalue weighted by atomic mass is 10.1. The zero-order chi connectivity index (χ0) is 14.2. The minimum absolute atomic E-state index is 0.0325. The number of hydrogen-bond acceptors (Lipinski definition) is 4. The van der Waals surface area contributed by atoms with Gasteiger partial charge in [0.05, 0.1) is 7.11 Å². The molecule has 0 heterocycles. The normalized spacial score (nSPS) is 13.2. The van der Waals surface area contributed by atoms with E-state index < -0.39 is 20.1 Å². The van der Waals surface area contributed by atoms with E-state index >= 15 is 0 Å². The molecule has 0 rings (SSSR count). The molecular formula is C13H26O4Si. The molecule has 106 valence electrons. The van der Waals surface area contributed by atoms with Gasteiger partial charge in [-0.25, -0.2) is 4.79 Å². The Morgan fingerprint density at radius 1 is 1.11 bits per heavy atom. The number of methoxy groups -OCH3 is 1. The molecule has 1 unspecified atom stereocenters. The number of hydrogen-bond donors (Lipinski definition) is 0. The van der Waals surface area contributed by atoms with Gasteiger partial charge in [-0.15, -0.1) is 0 Å². The maximum absolute atomic E-state index is 11.3. The maximum atomic E-state index is 11.3. The second-order valence-electron chi connectivity index (χ2n) is 4.63. The second-order valence-corrected chi connectivity index (χ2v) is 9.35. The van der Waals surface area contributed by atoms with Crippen molar-refractivity contribution in [2.45, 2.75) is 64.8 Å². The van der Waals surface area contributed by atoms with Crippen molar-refractivity contribution in [1.82, 2.24) is 0 Å². The van der Waals surface area contributed by atoms with Gasteiger partial charge < -0.3 is 9.16 Å². The average molecular weight is 274 g/mol. The van der Waals surface area contributed by atoms with Crippen LogP contribution >= 0.6 is 0 Å². The van der Waals surface area contributed by atoms with Gasteiger partial charge in [-0.1, -0.05) is 20.8 Å². The molecule has 0 aliphatic carbocycles. The van der Waals surface area contributed by atoms with Crippen molar-refractivity contribution in [3.8, 4) is 0 Å². The van der Waals surface area contributed by atoms with Crippen LogP contribution in [0.4, 0.5) is 0 Å². The molecule has 0 aromatic rings. The van der Waals surface area contributed by atoms with Crippen LogP contribution in [0, 0.1) is 0 Å². The van der Waals surface area contributed by atoms with Crippen LogP contribution < -0.4 is 0 Å². The van der Waals surface area contributed by atoms with Crippen molar-refractivity contribution < 1.29 is 18.8 Å². The molecule has 0 aliphatic heterocycles. The average Bonchev–Trinajstić information content (AvgIpc) is 2.41. The molecule has 0 saturated heterocycles. The number of rotatable bonds is 9. The summed E-state index contributed by atoms with van der Waals surface area (Å²) in [6, 6.07) is 3.28. The Bertz CT molecular complexity index is 266. The quantitative estimate of drug-likeness (QED) is 0.368. The van der Waals surface area contributed by atoms with Gasteiger partial charge in [-0.2, -0.15) is 0 Å². The summed E-state index contributed by atoms with van der Waals surface area (Å²) in [7, 11) is -0.390. The first-order valence-corrected chi connectivity index (χ1v) is 9.26. The largest absolute Gasteiger partial charge is 0.463 e. The summed E-state index contributed by atoms with van der Waals surface area (Å²) in [5.41, 5.74) is 0. The van der Waals surface area contributed by atoms with Gasteiger partial charge in [0, 0.05) is 12.5 Å². The summed E-state index contributed by atoms with van der Waals surface area (Å²) in [5, 5.41) is 0. The monoisotopic (exact) mass is 274 g/mol. The first-order valence-electron chi connectivity index (χ1n) is 6.73. The molecule has 1 atom stereocenters. The van der Waals surface area contributed by atoms with Crippen molar-refractivity contribution >= 4 is 20.1 Å². The molecule has 0 fully saturated rings. The molecule has 0 bridgehead atoms. The number of ether oxygens (including phenoxy) is 1. The fourth-order valence-electron chi connectivity index (χ4n) is 2.04. The summed E-state index contributed by atoms with van der Waals surface area (Å²) in [6.07, 6.45) is 0.822. The lowest BCUT2D eigenvalue weighted by molar-refractivity contribution is -0.151. The van der Waals surface area contributed by atoms with E-state index in [0.29, 0.717) is 6.42 Å². The van der Waals surface area contributed by atoms with E-state index in [1.807, 2.05) is 6.92 Å². The topological polar surface area (TPSA) is 52.6 Å². The summed E-state index contributed by atoms with van der Waals surface area (Å²) in [6.45, 7) is 8.50. The van der Waals surface area contributed by atoms with Gasteiger partial charge >= 0.3 is 5.97 Å². The Labute approximate surface area is 111 Å². The highest BCUT2D eigenvalue weighted by molar-refractivity contribution is 6.73. The van der Waals surface area contributed by atoms with E-state index in [4.69, 9.17) is 4.43 Å². The Morgan fingerprint density at radius 3 is 2.00 bits per heavy atom. The number of carbonyl (C=O) groups excluding carboxylic acids is 2. The van der Waals surface area contributed by atoms with Crippen LogP contribution in [0.25, 0.3) is 0 Å². The molecule has 0 radical (unpaired) electrons. The molecule has 0 N–H and O–H groups in total. The third kappa shape index (κ3) is 5.31. The van der Waals surface area contributed by atoms with Crippen molar-refractivity contribution in [3.05, 3.63) is 0 Å². The molecule has 18 heavy (non-hydrogen) atoms. The smallest absolute Gasteiger partial charge is 0.374 e. The van der Waals surface area contributed by atoms with Gasteiger partial charge in [0.1, 0.15) is 0 Å². The third-order valence-electron chi connectivity index (χ3n) is 3.58. The van der Waals surface area contributed by atoms with Crippen molar-refractivity contribution in [1.29, 1.82) is 0 Å². The summed E-state index contributed by atoms with van der Waals surface area (Å²) >= 11 is 0. The van der Waals surface area contributed by atoms with Crippen LogP contribution in [0.2, 0.25) is 18.1 Å². The molecule has 4 nitrogen and oxygen atoms in total. The van der Waals surface area contributed by atoms with E-state index in [9.17, 15) is 9.59 Å². The van der Waals surface area contributed by atoms with E-state index in [0.717, 1.165) is 18.1 Å². The minimum Gasteiger partial charge on any atom is -0.463 e. The molecule has 0 aromatic carbocycles. The van der Waals surface area contributed by atoms with Gasteiger partial charge in [-0.05, 0) is 31.5 Å². The molecule has 0 aliphatic rings. The highest BCUT2D eigenvalue weighted by atomic mass is 28.4. The van der Waals surface area contributed by atoms with Crippen LogP contribution in [0.15, 0.2) is 0 Å². The highest BCUT2D eigenvalue weighted by Crippen LogP contribution is 2.24. The van der Waals surface area contributed by atoms with Gasteiger partial charge in [0.25, 0.3) is 0 Å². The summed E-state index contributed by atoms with van der Waals surface area (Å²) in [5.74, 6) is -1.23. The number of esters is 1. The summed E-state index contributed by atoms with van der Waals surface area (Å²) < 4.78 is 10.6. The fraction of sp³-hybridized carbons (Fsp3) is 0.846. The van der Waals surface area contributed by atoms with Crippen molar-refractivity contribution in [2.75, 3.05) is 7.11 Å². The van der Waals surface area contributed by atoms with E-state index in [1.165, 1.54) is 7.11 Å². The van der Waals surface area contributed by atoms with E-state index in [1.54, 1.807) is 0 Å². The number of ketones is 1. The van der Waals surface area contributed by atoms with Crippen molar-refractivity contribution in [2.24, 2.45) is 0 Å². The van der Waals surface area contributed by atoms with Gasteiger partial charge in [0.2, 0.25) is 5.78 Å². The lowest BCUT2D eigenvalue weighted by Gasteiger charge is -2.31. The fourth-order valence-corrected chi connectivity index (χ4v) is 5.01. The minimum atomic E-state index is -1.62. The Kier molecular flexibility index (Phi) is 8.10. The zero-order valence-corrected chi connectivity index (χ0v) is 13.2. The Hall–Kier alpha value is -0.683. The molecule has 0 aromatic heterocycles. The summed E-state index contributed by atoms with van der Waals surface area (Å²) in [4.78, 5) is 22.3. The van der Waals surface area contributed by atoms with E-state index in [-0.39, 0.29) is 12.5 Å². The van der Waals surface area contributed by atoms with Crippen LogP contribution in [0.3, 0.4) is 0 Å². The number of carbonyl (C=O) groups is 2. The molecular weight excluding hydrogens is 248 g/mol. The van der Waals surface area contributed by atoms with Crippen LogP contribution in [-0.2, 0) is 18.8 Å². The predicted octanol–water partition coefficient (Wildman–Crippen LogP) is 2.92. The van der Waals surface area contributed by atoms with Crippen LogP contribution in [-0.4, -0.2) is 33.3 Å². The third-order valence-corrected chi connectivity index (χ3v) is 8.34. The SMILES string of the molecule is CC[Si](CC)(CC)OC(C)CCC(=O)C(=O)OC. The zero-order valence-electron chi connectivity index (χ0n) is 12.2. The van der Waals surface area contributed by atoms with Gasteiger partial charge in [-0.3, -0.25) is 4.79 Å². The molecule has 0 spiro atoms. The number of Topliss-reactive ketones (excluding diaryl/α,β-unsaturated/α-hetero) is 1. The first-order chi connectivity index (χ1) is 8.44. The molecule has 0 amide bonds. The van der Waals surface area contributed by atoms with Crippen LogP contribution in [0.1, 0.15) is 40.5 Å². The Morgan fingerprint density at radius 2 is 1.61 bits per heavy atom. The van der Waals surface area contributed by atoms with Crippen LogP contribution in [0.5, 0.6) is 0 Å². The Balaban J connectivity index is 4.22. The standard InChI is InChI=1S/C13H26O4Si/c1-6-18(7-2,8-3)17-11(4)9-10-12(14)13(15)16-5/h11H,6-10H2,1-5H3. The molecule has 5 heteroatoms.